The van der Waals surface area contributed by atoms with Crippen LogP contribution in [0.25, 0.3) is 0 Å². The average molecular weight is 252 g/mol. The molecule has 94 valence electrons. The molecule has 0 amide bonds. The van der Waals surface area contributed by atoms with Gasteiger partial charge in [-0.3, -0.25) is 0 Å². The van der Waals surface area contributed by atoms with Gasteiger partial charge in [-0.1, -0.05) is 36.6 Å². The molecule has 1 aliphatic carbocycles. The molecule has 1 atom stereocenters. The minimum Gasteiger partial charge on any atom is -0.310 e. The number of halogens is 1. The molecule has 1 aliphatic rings. The summed E-state index contributed by atoms with van der Waals surface area (Å²) in [7, 11) is 0. The number of rotatable bonds is 4. The second kappa shape index (κ2) is 5.88. The maximum absolute atomic E-state index is 6.13. The van der Waals surface area contributed by atoms with Crippen LogP contribution < -0.4 is 5.32 Å². The van der Waals surface area contributed by atoms with E-state index in [1.807, 2.05) is 6.92 Å². The molecule has 0 aromatic heterocycles. The maximum Gasteiger partial charge on any atom is 0.0438 e. The molecule has 0 bridgehead atoms. The van der Waals surface area contributed by atoms with E-state index in [1.165, 1.54) is 31.2 Å². The van der Waals surface area contributed by atoms with Crippen molar-refractivity contribution in [1.82, 2.24) is 5.32 Å². The normalized spacial score (nSPS) is 18.5. The average Bonchev–Trinajstić information content (AvgIpc) is 2.84. The lowest BCUT2D eigenvalue weighted by Gasteiger charge is -2.20. The van der Waals surface area contributed by atoms with Gasteiger partial charge in [-0.2, -0.15) is 0 Å². The summed E-state index contributed by atoms with van der Waals surface area (Å²) in [6.45, 7) is 5.28. The Morgan fingerprint density at radius 3 is 2.71 bits per heavy atom. The second-order valence-electron chi connectivity index (χ2n) is 5.30. The van der Waals surface area contributed by atoms with Crippen molar-refractivity contribution in [2.24, 2.45) is 5.92 Å². The van der Waals surface area contributed by atoms with Crippen LogP contribution in [0, 0.1) is 12.8 Å². The van der Waals surface area contributed by atoms with Gasteiger partial charge < -0.3 is 5.32 Å². The third kappa shape index (κ3) is 3.46. The number of nitrogens with one attached hydrogen (secondary N) is 1. The van der Waals surface area contributed by atoms with E-state index in [2.05, 4.69) is 30.4 Å². The molecule has 2 heteroatoms. The van der Waals surface area contributed by atoms with Crippen LogP contribution >= 0.6 is 11.6 Å². The molecular formula is C15H22ClN. The van der Waals surface area contributed by atoms with E-state index in [-0.39, 0.29) is 0 Å². The van der Waals surface area contributed by atoms with Crippen molar-refractivity contribution in [3.63, 3.8) is 0 Å². The van der Waals surface area contributed by atoms with Gasteiger partial charge in [0.15, 0.2) is 0 Å². The lowest BCUT2D eigenvalue weighted by atomic mass is 9.99. The third-order valence-electron chi connectivity index (χ3n) is 3.97. The Kier molecular flexibility index (Phi) is 4.47. The van der Waals surface area contributed by atoms with Crippen molar-refractivity contribution < 1.29 is 0 Å². The van der Waals surface area contributed by atoms with E-state index < -0.39 is 0 Å². The molecule has 17 heavy (non-hydrogen) atoms. The molecule has 0 unspecified atom stereocenters. The van der Waals surface area contributed by atoms with Crippen LogP contribution in [0.4, 0.5) is 0 Å². The zero-order chi connectivity index (χ0) is 12.3. The molecule has 0 heterocycles. The van der Waals surface area contributed by atoms with Gasteiger partial charge in [0.05, 0.1) is 0 Å². The highest BCUT2D eigenvalue weighted by Crippen LogP contribution is 2.27. The van der Waals surface area contributed by atoms with Gasteiger partial charge in [0, 0.05) is 17.6 Å². The summed E-state index contributed by atoms with van der Waals surface area (Å²) in [6.07, 6.45) is 5.60. The van der Waals surface area contributed by atoms with Crippen LogP contribution in [0.15, 0.2) is 18.2 Å². The first-order valence-corrected chi connectivity index (χ1v) is 7.03. The van der Waals surface area contributed by atoms with E-state index in [1.54, 1.807) is 0 Å². The number of hydrogen-bond donors (Lipinski definition) is 1. The number of hydrogen-bond acceptors (Lipinski definition) is 1. The summed E-state index contributed by atoms with van der Waals surface area (Å²) in [5.41, 5.74) is 2.43. The highest BCUT2D eigenvalue weighted by molar-refractivity contribution is 6.31. The molecule has 2 rings (SSSR count). The molecule has 1 fully saturated rings. The molecule has 0 aliphatic heterocycles. The minimum atomic E-state index is 0.623. The molecule has 1 saturated carbocycles. The standard InChI is InChI=1S/C15H22ClN/c1-11-7-8-13(9-15(11)16)10-17-12(2)14-5-3-4-6-14/h7-9,12,14,17H,3-6,10H2,1-2H3/t12-/m0/s1. The zero-order valence-corrected chi connectivity index (χ0v) is 11.6. The molecular weight excluding hydrogens is 230 g/mol. The van der Waals surface area contributed by atoms with E-state index >= 15 is 0 Å². The highest BCUT2D eigenvalue weighted by Gasteiger charge is 2.20. The van der Waals surface area contributed by atoms with Gasteiger partial charge >= 0.3 is 0 Å². The topological polar surface area (TPSA) is 12.0 Å². The van der Waals surface area contributed by atoms with Gasteiger partial charge in [-0.15, -0.1) is 0 Å². The maximum atomic E-state index is 6.13. The quantitative estimate of drug-likeness (QED) is 0.841. The Morgan fingerprint density at radius 2 is 2.06 bits per heavy atom. The molecule has 1 aromatic rings. The van der Waals surface area contributed by atoms with E-state index in [0.29, 0.717) is 6.04 Å². The smallest absolute Gasteiger partial charge is 0.0438 e. The van der Waals surface area contributed by atoms with Gasteiger partial charge in [0.1, 0.15) is 0 Å². The molecule has 0 radical (unpaired) electrons. The number of benzene rings is 1. The summed E-state index contributed by atoms with van der Waals surface area (Å²) < 4.78 is 0. The van der Waals surface area contributed by atoms with Gasteiger partial charge in [0.25, 0.3) is 0 Å². The first kappa shape index (κ1) is 12.9. The molecule has 1 nitrogen and oxygen atoms in total. The van der Waals surface area contributed by atoms with Crippen LogP contribution in [0.5, 0.6) is 0 Å². The predicted molar refractivity (Wildman–Crippen MR) is 74.4 cm³/mol. The largest absolute Gasteiger partial charge is 0.310 e. The fourth-order valence-electron chi connectivity index (χ4n) is 2.65. The monoisotopic (exact) mass is 251 g/mol. The summed E-state index contributed by atoms with van der Waals surface area (Å²) in [4.78, 5) is 0. The van der Waals surface area contributed by atoms with E-state index in [4.69, 9.17) is 11.6 Å². The van der Waals surface area contributed by atoms with Gasteiger partial charge in [-0.25, -0.2) is 0 Å². The summed E-state index contributed by atoms with van der Waals surface area (Å²) in [6, 6.07) is 6.96. The third-order valence-corrected chi connectivity index (χ3v) is 4.38. The molecule has 0 spiro atoms. The number of aryl methyl sites for hydroxylation is 1. The first-order chi connectivity index (χ1) is 8.16. The Bertz CT molecular complexity index is 369. The molecule has 1 N–H and O–H groups in total. The summed E-state index contributed by atoms with van der Waals surface area (Å²) >= 11 is 6.13. The van der Waals surface area contributed by atoms with Crippen molar-refractivity contribution in [3.8, 4) is 0 Å². The first-order valence-electron chi connectivity index (χ1n) is 6.65. The Hall–Kier alpha value is -0.530. The van der Waals surface area contributed by atoms with Crippen molar-refractivity contribution in [1.29, 1.82) is 0 Å². The lowest BCUT2D eigenvalue weighted by Crippen LogP contribution is -2.31. The van der Waals surface area contributed by atoms with Crippen LogP contribution in [0.3, 0.4) is 0 Å². The molecule has 0 saturated heterocycles. The molecule has 1 aromatic carbocycles. The van der Waals surface area contributed by atoms with Crippen LogP contribution in [-0.4, -0.2) is 6.04 Å². The predicted octanol–water partition coefficient (Wildman–Crippen LogP) is 4.32. The van der Waals surface area contributed by atoms with Gasteiger partial charge in [0.2, 0.25) is 0 Å². The summed E-state index contributed by atoms with van der Waals surface area (Å²) in [5.74, 6) is 0.871. The summed E-state index contributed by atoms with van der Waals surface area (Å²) in [5, 5.41) is 4.50. The van der Waals surface area contributed by atoms with E-state index in [9.17, 15) is 0 Å². The van der Waals surface area contributed by atoms with E-state index in [0.717, 1.165) is 23.0 Å². The SMILES string of the molecule is Cc1ccc(CN[C@@H](C)C2CCCC2)cc1Cl. The van der Waals surface area contributed by atoms with Gasteiger partial charge in [-0.05, 0) is 49.8 Å². The van der Waals surface area contributed by atoms with Crippen molar-refractivity contribution in [3.05, 3.63) is 34.3 Å². The van der Waals surface area contributed by atoms with Crippen LogP contribution in [0.1, 0.15) is 43.7 Å². The second-order valence-corrected chi connectivity index (χ2v) is 5.70. The fraction of sp³-hybridized carbons (Fsp3) is 0.600. The lowest BCUT2D eigenvalue weighted by molar-refractivity contribution is 0.380. The van der Waals surface area contributed by atoms with Crippen molar-refractivity contribution >= 4 is 11.6 Å². The van der Waals surface area contributed by atoms with Crippen molar-refractivity contribution in [2.45, 2.75) is 52.1 Å². The Balaban J connectivity index is 1.86. The van der Waals surface area contributed by atoms with Crippen molar-refractivity contribution in [2.75, 3.05) is 0 Å². The van der Waals surface area contributed by atoms with Crippen LogP contribution in [0.2, 0.25) is 5.02 Å². The Morgan fingerprint density at radius 1 is 1.35 bits per heavy atom. The fourth-order valence-corrected chi connectivity index (χ4v) is 2.85. The minimum absolute atomic E-state index is 0.623. The zero-order valence-electron chi connectivity index (χ0n) is 10.8. The highest BCUT2D eigenvalue weighted by atomic mass is 35.5. The Labute approximate surface area is 110 Å². The van der Waals surface area contributed by atoms with Crippen LogP contribution in [-0.2, 0) is 6.54 Å².